The summed E-state index contributed by atoms with van der Waals surface area (Å²) < 4.78 is 4.28. The zero-order chi connectivity index (χ0) is 10.8. The molecular formula is C10H14N4S. The van der Waals surface area contributed by atoms with Gasteiger partial charge in [0.1, 0.15) is 10.6 Å². The van der Waals surface area contributed by atoms with Crippen molar-refractivity contribution < 1.29 is 0 Å². The number of fused-ring (bicyclic) bond motifs is 1. The quantitative estimate of drug-likeness (QED) is 0.852. The molecule has 2 aromatic rings. The fourth-order valence-corrected chi connectivity index (χ4v) is 2.23. The first-order valence-electron chi connectivity index (χ1n) is 4.86. The van der Waals surface area contributed by atoms with Crippen molar-refractivity contribution >= 4 is 27.6 Å². The van der Waals surface area contributed by atoms with Gasteiger partial charge in [0.2, 0.25) is 0 Å². The first-order valence-corrected chi connectivity index (χ1v) is 5.64. The highest BCUT2D eigenvalue weighted by atomic mass is 32.1. The lowest BCUT2D eigenvalue weighted by Gasteiger charge is -2.16. The number of hydrogen-bond donors (Lipinski definition) is 1. The van der Waals surface area contributed by atoms with Gasteiger partial charge in [0.05, 0.1) is 5.69 Å². The smallest absolute Gasteiger partial charge is 0.146 e. The predicted octanol–water partition coefficient (Wildman–Crippen LogP) is 1.39. The molecule has 0 aromatic carbocycles. The van der Waals surface area contributed by atoms with Gasteiger partial charge in [0.25, 0.3) is 0 Å². The van der Waals surface area contributed by atoms with Gasteiger partial charge in [0, 0.05) is 25.5 Å². The van der Waals surface area contributed by atoms with E-state index in [-0.39, 0.29) is 0 Å². The first kappa shape index (κ1) is 10.3. The average molecular weight is 222 g/mol. The molecule has 0 fully saturated rings. The van der Waals surface area contributed by atoms with Crippen LogP contribution in [-0.4, -0.2) is 29.5 Å². The Morgan fingerprint density at radius 2 is 2.27 bits per heavy atom. The van der Waals surface area contributed by atoms with E-state index in [4.69, 9.17) is 5.73 Å². The van der Waals surface area contributed by atoms with E-state index in [0.29, 0.717) is 6.54 Å². The van der Waals surface area contributed by atoms with Crippen molar-refractivity contribution in [1.29, 1.82) is 0 Å². The monoisotopic (exact) mass is 222 g/mol. The van der Waals surface area contributed by atoms with E-state index >= 15 is 0 Å². The maximum atomic E-state index is 5.50. The molecule has 0 bridgehead atoms. The molecule has 2 aromatic heterocycles. The van der Waals surface area contributed by atoms with Crippen molar-refractivity contribution in [2.45, 2.75) is 6.92 Å². The third kappa shape index (κ3) is 1.93. The van der Waals surface area contributed by atoms with Gasteiger partial charge < -0.3 is 10.6 Å². The Morgan fingerprint density at radius 1 is 1.47 bits per heavy atom. The summed E-state index contributed by atoms with van der Waals surface area (Å²) in [5.41, 5.74) is 6.56. The molecular weight excluding hydrogens is 208 g/mol. The van der Waals surface area contributed by atoms with Crippen LogP contribution in [0.1, 0.15) is 5.69 Å². The fourth-order valence-electron chi connectivity index (χ4n) is 1.46. The van der Waals surface area contributed by atoms with E-state index in [1.54, 1.807) is 0 Å². The van der Waals surface area contributed by atoms with Crippen LogP contribution in [0.25, 0.3) is 10.2 Å². The Morgan fingerprint density at radius 3 is 3.00 bits per heavy atom. The molecule has 0 amide bonds. The van der Waals surface area contributed by atoms with Crippen molar-refractivity contribution in [3.8, 4) is 0 Å². The SMILES string of the molecule is Cc1nsc2nc(N(C)CCN)ccc12. The second-order valence-electron chi connectivity index (χ2n) is 3.50. The molecule has 0 radical (unpaired) electrons. The summed E-state index contributed by atoms with van der Waals surface area (Å²) in [6.07, 6.45) is 0. The maximum absolute atomic E-state index is 5.50. The van der Waals surface area contributed by atoms with Crippen LogP contribution >= 0.6 is 11.5 Å². The summed E-state index contributed by atoms with van der Waals surface area (Å²) in [4.78, 5) is 7.59. The molecule has 2 N–H and O–H groups in total. The highest BCUT2D eigenvalue weighted by molar-refractivity contribution is 7.12. The van der Waals surface area contributed by atoms with Crippen molar-refractivity contribution in [2.24, 2.45) is 5.73 Å². The van der Waals surface area contributed by atoms with Crippen LogP contribution < -0.4 is 10.6 Å². The van der Waals surface area contributed by atoms with Crippen molar-refractivity contribution in [1.82, 2.24) is 9.36 Å². The highest BCUT2D eigenvalue weighted by Gasteiger charge is 2.06. The zero-order valence-corrected chi connectivity index (χ0v) is 9.71. The van der Waals surface area contributed by atoms with Crippen LogP contribution in [0, 0.1) is 6.92 Å². The summed E-state index contributed by atoms with van der Waals surface area (Å²) in [6, 6.07) is 4.09. The Bertz CT molecular complexity index is 465. The Hall–Kier alpha value is -1.20. The Kier molecular flexibility index (Phi) is 2.83. The lowest BCUT2D eigenvalue weighted by atomic mass is 10.3. The second kappa shape index (κ2) is 4.12. The van der Waals surface area contributed by atoms with Gasteiger partial charge in [-0.1, -0.05) is 0 Å². The molecule has 15 heavy (non-hydrogen) atoms. The molecule has 0 saturated carbocycles. The van der Waals surface area contributed by atoms with Crippen molar-refractivity contribution in [3.05, 3.63) is 17.8 Å². The highest BCUT2D eigenvalue weighted by Crippen LogP contribution is 2.22. The Balaban J connectivity index is 2.38. The number of aryl methyl sites for hydroxylation is 1. The first-order chi connectivity index (χ1) is 7.22. The van der Waals surface area contributed by atoms with Crippen LogP contribution in [0.4, 0.5) is 5.82 Å². The molecule has 0 aliphatic heterocycles. The largest absolute Gasteiger partial charge is 0.358 e. The van der Waals surface area contributed by atoms with E-state index < -0.39 is 0 Å². The third-order valence-corrected chi connectivity index (χ3v) is 3.21. The zero-order valence-electron chi connectivity index (χ0n) is 8.90. The van der Waals surface area contributed by atoms with E-state index in [2.05, 4.69) is 20.3 Å². The minimum Gasteiger partial charge on any atom is -0.358 e. The van der Waals surface area contributed by atoms with E-state index in [1.165, 1.54) is 11.5 Å². The molecule has 0 saturated heterocycles. The van der Waals surface area contributed by atoms with Crippen LogP contribution in [0.2, 0.25) is 0 Å². The van der Waals surface area contributed by atoms with Gasteiger partial charge in [0.15, 0.2) is 0 Å². The molecule has 0 atom stereocenters. The standard InChI is InChI=1S/C10H14N4S/c1-7-8-3-4-9(14(2)6-5-11)12-10(8)15-13-7/h3-4H,5-6,11H2,1-2H3. The number of pyridine rings is 1. The number of nitrogens with zero attached hydrogens (tertiary/aromatic N) is 3. The van der Waals surface area contributed by atoms with E-state index in [0.717, 1.165) is 28.3 Å². The molecule has 2 rings (SSSR count). The molecule has 4 nitrogen and oxygen atoms in total. The molecule has 2 heterocycles. The number of nitrogens with two attached hydrogens (primary N) is 1. The number of hydrogen-bond acceptors (Lipinski definition) is 5. The Labute approximate surface area is 92.9 Å². The van der Waals surface area contributed by atoms with Crippen LogP contribution in [0.5, 0.6) is 0 Å². The summed E-state index contributed by atoms with van der Waals surface area (Å²) in [6.45, 7) is 3.46. The number of rotatable bonds is 3. The van der Waals surface area contributed by atoms with Gasteiger partial charge in [-0.15, -0.1) is 0 Å². The molecule has 5 heteroatoms. The minimum absolute atomic E-state index is 0.637. The summed E-state index contributed by atoms with van der Waals surface area (Å²) in [5.74, 6) is 0.955. The number of aromatic nitrogens is 2. The summed E-state index contributed by atoms with van der Waals surface area (Å²) >= 11 is 1.44. The lowest BCUT2D eigenvalue weighted by Crippen LogP contribution is -2.25. The third-order valence-electron chi connectivity index (χ3n) is 2.36. The topological polar surface area (TPSA) is 55.0 Å². The summed E-state index contributed by atoms with van der Waals surface area (Å²) in [5, 5.41) is 1.14. The lowest BCUT2D eigenvalue weighted by molar-refractivity contribution is 0.872. The minimum atomic E-state index is 0.637. The van der Waals surface area contributed by atoms with Crippen molar-refractivity contribution in [2.75, 3.05) is 25.0 Å². The van der Waals surface area contributed by atoms with Crippen LogP contribution in [0.15, 0.2) is 12.1 Å². The van der Waals surface area contributed by atoms with Crippen LogP contribution in [0.3, 0.4) is 0 Å². The number of likely N-dealkylation sites (N-methyl/N-ethyl adjacent to an activating group) is 1. The van der Waals surface area contributed by atoms with E-state index in [9.17, 15) is 0 Å². The number of anilines is 1. The normalized spacial score (nSPS) is 10.9. The summed E-state index contributed by atoms with van der Waals surface area (Å²) in [7, 11) is 1.99. The average Bonchev–Trinajstić information content (AvgIpc) is 2.60. The second-order valence-corrected chi connectivity index (χ2v) is 4.25. The van der Waals surface area contributed by atoms with Gasteiger partial charge in [-0.3, -0.25) is 0 Å². The van der Waals surface area contributed by atoms with Crippen molar-refractivity contribution in [3.63, 3.8) is 0 Å². The van der Waals surface area contributed by atoms with Gasteiger partial charge in [-0.25, -0.2) is 4.98 Å². The van der Waals surface area contributed by atoms with Gasteiger partial charge >= 0.3 is 0 Å². The predicted molar refractivity (Wildman–Crippen MR) is 64.5 cm³/mol. The fraction of sp³-hybridized carbons (Fsp3) is 0.400. The van der Waals surface area contributed by atoms with Gasteiger partial charge in [-0.05, 0) is 30.6 Å². The van der Waals surface area contributed by atoms with E-state index in [1.807, 2.05) is 20.0 Å². The molecule has 80 valence electrons. The van der Waals surface area contributed by atoms with Gasteiger partial charge in [-0.2, -0.15) is 4.37 Å². The van der Waals surface area contributed by atoms with Crippen LogP contribution in [-0.2, 0) is 0 Å². The molecule has 0 unspecified atom stereocenters. The molecule has 0 spiro atoms. The molecule has 0 aliphatic rings. The molecule has 0 aliphatic carbocycles. The maximum Gasteiger partial charge on any atom is 0.146 e.